The first-order valence-electron chi connectivity index (χ1n) is 20.8. The van der Waals surface area contributed by atoms with E-state index in [0.717, 1.165) is 5.56 Å². The Kier molecular flexibility index (Phi) is 22.6. The maximum atomic E-state index is 13.4. The number of carbonyl (C=O) groups is 8. The summed E-state index contributed by atoms with van der Waals surface area (Å²) >= 11 is 0. The van der Waals surface area contributed by atoms with Gasteiger partial charge >= 0.3 is 5.97 Å². The third-order valence-corrected chi connectivity index (χ3v) is 9.97. The molecule has 19 heteroatoms. The summed E-state index contributed by atoms with van der Waals surface area (Å²) in [4.78, 5) is 106. The molecule has 7 amide bonds. The highest BCUT2D eigenvalue weighted by Crippen LogP contribution is 2.30. The molecule has 0 aliphatic carbocycles. The Morgan fingerprint density at radius 2 is 1.25 bits per heavy atom. The third kappa shape index (κ3) is 20.0. The quantitative estimate of drug-likeness (QED) is 0.0614. The molecule has 2 aromatic rings. The molecule has 0 saturated carbocycles. The maximum Gasteiger partial charge on any atom is 0.325 e. The summed E-state index contributed by atoms with van der Waals surface area (Å²) in [6.07, 6.45) is 1.63. The summed E-state index contributed by atoms with van der Waals surface area (Å²) in [7, 11) is 11.3. The van der Waals surface area contributed by atoms with E-state index in [1.165, 1.54) is 28.7 Å². The number of ether oxygens (including phenoxy) is 3. The van der Waals surface area contributed by atoms with E-state index in [0.29, 0.717) is 23.5 Å². The van der Waals surface area contributed by atoms with Crippen molar-refractivity contribution in [2.24, 2.45) is 5.73 Å². The molecular weight excluding hydrogens is 817 g/mol. The van der Waals surface area contributed by atoms with Crippen molar-refractivity contribution in [2.75, 3.05) is 69.1 Å². The fraction of sp³-hybridized carbons (Fsp3) is 0.545. The molecule has 0 heterocycles. The molecule has 2 atom stereocenters. The van der Waals surface area contributed by atoms with Crippen LogP contribution in [0.5, 0.6) is 11.5 Å². The molecule has 0 saturated heterocycles. The molecule has 0 fully saturated rings. The highest BCUT2D eigenvalue weighted by atomic mass is 16.5. The van der Waals surface area contributed by atoms with Crippen LogP contribution in [0.15, 0.2) is 48.5 Å². The molecule has 0 aliphatic rings. The van der Waals surface area contributed by atoms with Crippen LogP contribution in [0.4, 0.5) is 0 Å². The van der Waals surface area contributed by atoms with Gasteiger partial charge in [-0.1, -0.05) is 36.4 Å². The number of methoxy groups -OCH3 is 1. The summed E-state index contributed by atoms with van der Waals surface area (Å²) in [6.45, 7) is 0.560. The lowest BCUT2D eigenvalue weighted by molar-refractivity contribution is -0.145. The second-order valence-corrected chi connectivity index (χ2v) is 15.8. The van der Waals surface area contributed by atoms with Crippen LogP contribution in [0.25, 0.3) is 0 Å². The van der Waals surface area contributed by atoms with Crippen LogP contribution >= 0.6 is 0 Å². The first-order chi connectivity index (χ1) is 29.7. The number of nitrogens with two attached hydrogens (primary N) is 1. The van der Waals surface area contributed by atoms with Crippen LogP contribution in [0, 0.1) is 0 Å². The molecule has 0 aliphatic heterocycles. The topological polar surface area (TPSA) is 248 Å². The smallest absolute Gasteiger partial charge is 0.325 e. The average Bonchev–Trinajstić information content (AvgIpc) is 3.25. The normalized spacial score (nSPS) is 11.8. The molecule has 2 rings (SSSR count). The molecular formula is C44H66N8O11. The van der Waals surface area contributed by atoms with Gasteiger partial charge in [0.2, 0.25) is 41.4 Å². The van der Waals surface area contributed by atoms with Crippen LogP contribution in [-0.2, 0) is 56.1 Å². The highest BCUT2D eigenvalue weighted by Gasteiger charge is 2.34. The maximum absolute atomic E-state index is 13.4. The minimum Gasteiger partial charge on any atom is -0.493 e. The van der Waals surface area contributed by atoms with Crippen LogP contribution in [-0.4, -0.2) is 149 Å². The molecule has 2 aromatic carbocycles. The van der Waals surface area contributed by atoms with E-state index in [1.54, 1.807) is 84.8 Å². The molecule has 63 heavy (non-hydrogen) atoms. The van der Waals surface area contributed by atoms with Crippen molar-refractivity contribution in [3.05, 3.63) is 59.7 Å². The van der Waals surface area contributed by atoms with Crippen molar-refractivity contribution < 1.29 is 52.6 Å². The van der Waals surface area contributed by atoms with Crippen molar-refractivity contribution in [1.82, 2.24) is 36.0 Å². The number of nitrogens with one attached hydrogen (secondary N) is 4. The van der Waals surface area contributed by atoms with E-state index < -0.39 is 54.4 Å². The average molecular weight is 883 g/mol. The Morgan fingerprint density at radius 3 is 1.78 bits per heavy atom. The van der Waals surface area contributed by atoms with E-state index in [2.05, 4.69) is 21.3 Å². The number of rotatable bonds is 27. The van der Waals surface area contributed by atoms with Gasteiger partial charge in [0.05, 0.1) is 26.3 Å². The minimum atomic E-state index is -0.983. The molecule has 0 radical (unpaired) electrons. The largest absolute Gasteiger partial charge is 0.493 e. The van der Waals surface area contributed by atoms with Gasteiger partial charge < -0.3 is 55.9 Å². The van der Waals surface area contributed by atoms with Crippen molar-refractivity contribution in [1.29, 1.82) is 0 Å². The van der Waals surface area contributed by atoms with Crippen LogP contribution in [0.3, 0.4) is 0 Å². The Hall–Kier alpha value is -6.24. The van der Waals surface area contributed by atoms with Crippen molar-refractivity contribution in [3.8, 4) is 11.5 Å². The Balaban J connectivity index is 1.92. The van der Waals surface area contributed by atoms with E-state index in [9.17, 15) is 38.4 Å². The molecule has 0 bridgehead atoms. The molecule has 0 aromatic heterocycles. The van der Waals surface area contributed by atoms with Crippen molar-refractivity contribution >= 4 is 47.3 Å². The van der Waals surface area contributed by atoms with Gasteiger partial charge in [-0.2, -0.15) is 0 Å². The number of nitrogens with zero attached hydrogens (tertiary/aromatic N) is 3. The Bertz CT molecular complexity index is 1790. The lowest BCUT2D eigenvalue weighted by Crippen LogP contribution is -2.53. The van der Waals surface area contributed by atoms with Crippen LogP contribution in [0.2, 0.25) is 0 Å². The number of amides is 7. The monoisotopic (exact) mass is 882 g/mol. The van der Waals surface area contributed by atoms with Gasteiger partial charge in [0.15, 0.2) is 11.5 Å². The van der Waals surface area contributed by atoms with Crippen molar-refractivity contribution in [2.45, 2.75) is 88.9 Å². The lowest BCUT2D eigenvalue weighted by atomic mass is 9.82. The Labute approximate surface area is 370 Å². The predicted octanol–water partition coefficient (Wildman–Crippen LogP) is 0.665. The van der Waals surface area contributed by atoms with E-state index in [4.69, 9.17) is 19.9 Å². The molecule has 348 valence electrons. The molecule has 0 unspecified atom stereocenters. The second kappa shape index (κ2) is 27.0. The number of hydrogen-bond donors (Lipinski definition) is 5. The van der Waals surface area contributed by atoms with Gasteiger partial charge in [0, 0.05) is 79.9 Å². The highest BCUT2D eigenvalue weighted by molar-refractivity contribution is 5.92. The molecule has 0 spiro atoms. The standard InChI is InChI=1S/C44H66N8O11/c1-30(45)42(59)48-33(25-31-13-10-9-11-14-31)43(60)47-27-37(54)46-28-41(58)63-29-32-16-17-34(35(26-32)61-8)62-24-12-15-36(53)49-44(21-18-38(55)50(2)3,22-19-39(56)51(4)5)23-20-40(57)52(6)7/h9-11,13-14,16-17,26,30,33H,12,15,18-25,27-29,45H2,1-8H3,(H,46,54)(H,47,60)(H,48,59)(H,49,53)/t30-,33-/m0/s1. The third-order valence-electron chi connectivity index (χ3n) is 9.97. The van der Waals surface area contributed by atoms with E-state index in [-0.39, 0.29) is 88.2 Å². The summed E-state index contributed by atoms with van der Waals surface area (Å²) in [5.74, 6) is -2.52. The van der Waals surface area contributed by atoms with Crippen LogP contribution < -0.4 is 36.5 Å². The number of carbonyl (C=O) groups excluding carboxylic acids is 8. The van der Waals surface area contributed by atoms with Crippen LogP contribution in [0.1, 0.15) is 69.4 Å². The van der Waals surface area contributed by atoms with E-state index >= 15 is 0 Å². The summed E-state index contributed by atoms with van der Waals surface area (Å²) < 4.78 is 16.7. The zero-order chi connectivity index (χ0) is 47.1. The fourth-order valence-corrected chi connectivity index (χ4v) is 6.07. The van der Waals surface area contributed by atoms with Gasteiger partial charge in [0.1, 0.15) is 19.2 Å². The molecule has 19 nitrogen and oxygen atoms in total. The minimum absolute atomic E-state index is 0.0625. The van der Waals surface area contributed by atoms with Gasteiger partial charge in [0.25, 0.3) is 0 Å². The first kappa shape index (κ1) is 52.9. The van der Waals surface area contributed by atoms with Gasteiger partial charge in [-0.3, -0.25) is 38.4 Å². The first-order valence-corrected chi connectivity index (χ1v) is 20.8. The Morgan fingerprint density at radius 1 is 0.683 bits per heavy atom. The summed E-state index contributed by atoms with van der Waals surface area (Å²) in [6, 6.07) is 12.1. The fourth-order valence-electron chi connectivity index (χ4n) is 6.07. The van der Waals surface area contributed by atoms with Gasteiger partial charge in [-0.15, -0.1) is 0 Å². The lowest BCUT2D eigenvalue weighted by Gasteiger charge is -2.36. The number of hydrogen-bond acceptors (Lipinski definition) is 12. The zero-order valence-electron chi connectivity index (χ0n) is 37.9. The molecule has 6 N–H and O–H groups in total. The predicted molar refractivity (Wildman–Crippen MR) is 234 cm³/mol. The summed E-state index contributed by atoms with van der Waals surface area (Å²) in [5.41, 5.74) is 6.02. The number of benzene rings is 2. The van der Waals surface area contributed by atoms with Gasteiger partial charge in [-0.05, 0) is 55.9 Å². The zero-order valence-corrected chi connectivity index (χ0v) is 37.9. The number of esters is 1. The van der Waals surface area contributed by atoms with E-state index in [1.807, 2.05) is 6.07 Å². The van der Waals surface area contributed by atoms with Crippen molar-refractivity contribution in [3.63, 3.8) is 0 Å². The summed E-state index contributed by atoms with van der Waals surface area (Å²) in [5, 5.41) is 10.5. The second-order valence-electron chi connectivity index (χ2n) is 15.8. The SMILES string of the molecule is COc1cc(COC(=O)CNC(=O)CNC(=O)[C@H](Cc2ccccc2)NC(=O)[C@H](C)N)ccc1OCCCC(=O)NC(CCC(=O)N(C)C)(CCC(=O)N(C)C)CCC(=O)N(C)C. The van der Waals surface area contributed by atoms with Gasteiger partial charge in [-0.25, -0.2) is 0 Å².